The van der Waals surface area contributed by atoms with Crippen LogP contribution >= 0.6 is 0 Å². The molecule has 400 valence electrons. The maximum atomic E-state index is 14.5. The van der Waals surface area contributed by atoms with Crippen LogP contribution in [0, 0.1) is 36.0 Å². The lowest BCUT2D eigenvalue weighted by molar-refractivity contribution is -0.138. The molecule has 0 aliphatic rings. The summed E-state index contributed by atoms with van der Waals surface area (Å²) < 4.78 is 162. The topological polar surface area (TPSA) is 122 Å². The zero-order valence-electron chi connectivity index (χ0n) is 41.6. The van der Waals surface area contributed by atoms with Crippen molar-refractivity contribution in [2.24, 2.45) is 0 Å². The molecule has 10 rings (SSSR count). The van der Waals surface area contributed by atoms with Gasteiger partial charge in [-0.05, 0) is 129 Å². The average molecular weight is 1080 g/mol. The monoisotopic (exact) mass is 1080 g/mol. The van der Waals surface area contributed by atoms with Gasteiger partial charge in [0.1, 0.15) is 17.5 Å². The maximum absolute atomic E-state index is 14.5. The van der Waals surface area contributed by atoms with Crippen molar-refractivity contribution >= 4 is 21.8 Å². The predicted molar refractivity (Wildman–Crippen MR) is 266 cm³/mol. The van der Waals surface area contributed by atoms with Crippen LogP contribution in [-0.2, 0) is 36.3 Å². The minimum absolute atomic E-state index is 0.0258. The molecule has 0 bridgehead atoms. The fourth-order valence-electron chi connectivity index (χ4n) is 8.63. The van der Waals surface area contributed by atoms with E-state index in [1.54, 1.807) is 63.5 Å². The fourth-order valence-corrected chi connectivity index (χ4v) is 8.63. The Hall–Kier alpha value is -8.75. The van der Waals surface area contributed by atoms with Gasteiger partial charge in [0.2, 0.25) is 34.3 Å². The van der Waals surface area contributed by atoms with Gasteiger partial charge in [0.05, 0.1) is 44.1 Å². The van der Waals surface area contributed by atoms with Crippen molar-refractivity contribution in [3.05, 3.63) is 234 Å². The van der Waals surface area contributed by atoms with Gasteiger partial charge in [0.15, 0.2) is 11.6 Å². The lowest BCUT2D eigenvalue weighted by Crippen LogP contribution is -2.19. The van der Waals surface area contributed by atoms with Gasteiger partial charge in [-0.15, -0.1) is 0 Å². The van der Waals surface area contributed by atoms with E-state index >= 15 is 0 Å². The van der Waals surface area contributed by atoms with E-state index in [0.29, 0.717) is 33.3 Å². The quantitative estimate of drug-likeness (QED) is 0.124. The molecule has 0 spiro atoms. The molecule has 78 heavy (non-hydrogen) atoms. The highest BCUT2D eigenvalue weighted by Crippen LogP contribution is 2.35. The van der Waals surface area contributed by atoms with E-state index in [2.05, 4.69) is 20.3 Å². The largest absolute Gasteiger partial charge is 0.416 e. The molecule has 0 unspecified atom stereocenters. The Labute approximate surface area is 435 Å². The van der Waals surface area contributed by atoms with Crippen LogP contribution in [0.5, 0.6) is 0 Å². The van der Waals surface area contributed by atoms with Crippen LogP contribution in [0.3, 0.4) is 0 Å². The number of alkyl halides is 6. The van der Waals surface area contributed by atoms with E-state index in [1.165, 1.54) is 71.6 Å². The van der Waals surface area contributed by atoms with E-state index in [9.17, 15) is 57.9 Å². The normalized spacial score (nSPS) is 12.3. The van der Waals surface area contributed by atoms with Crippen LogP contribution in [-0.4, -0.2) is 29.4 Å². The number of aryl methyl sites for hydroxylation is 1. The summed E-state index contributed by atoms with van der Waals surface area (Å²) >= 11 is 0. The number of hydrogen-bond acceptors (Lipinski definition) is 8. The highest BCUT2D eigenvalue weighted by atomic mass is 19.4. The molecule has 4 aromatic heterocycles. The number of nitrogens with zero attached hydrogens (tertiary/aromatic N) is 6. The van der Waals surface area contributed by atoms with Gasteiger partial charge in [0, 0.05) is 42.3 Å². The second-order valence-corrected chi connectivity index (χ2v) is 19.4. The third-order valence-corrected chi connectivity index (χ3v) is 13.3. The summed E-state index contributed by atoms with van der Waals surface area (Å²) in [5.41, 5.74) is -1.55. The minimum Gasteiger partial charge on any atom is -0.342 e. The third-order valence-electron chi connectivity index (χ3n) is 13.3. The number of rotatable bonds is 10. The molecule has 6 aromatic carbocycles. The van der Waals surface area contributed by atoms with Crippen LogP contribution in [0.15, 0.2) is 152 Å². The first-order valence-corrected chi connectivity index (χ1v) is 23.6. The number of halogens is 11. The molecular formula is C57H41F11N6O4. The molecule has 0 saturated carbocycles. The zero-order valence-corrected chi connectivity index (χ0v) is 41.6. The Balaban J connectivity index is 0.000000190. The van der Waals surface area contributed by atoms with Gasteiger partial charge in [-0.25, -0.2) is 22.0 Å². The smallest absolute Gasteiger partial charge is 0.342 e. The molecule has 0 fully saturated rings. The summed E-state index contributed by atoms with van der Waals surface area (Å²) in [4.78, 5) is 35.6. The van der Waals surface area contributed by atoms with Gasteiger partial charge in [-0.1, -0.05) is 58.8 Å². The molecule has 0 N–H and O–H groups in total. The van der Waals surface area contributed by atoms with Crippen molar-refractivity contribution in [3.63, 3.8) is 0 Å². The number of benzene rings is 6. The summed E-state index contributed by atoms with van der Waals surface area (Å²) in [5.74, 6) is -3.71. The van der Waals surface area contributed by atoms with Crippen molar-refractivity contribution in [1.82, 2.24) is 29.4 Å². The van der Waals surface area contributed by atoms with Crippen LogP contribution in [0.1, 0.15) is 78.4 Å². The summed E-state index contributed by atoms with van der Waals surface area (Å²) in [6.45, 7) is 8.71. The van der Waals surface area contributed by atoms with Gasteiger partial charge in [-0.2, -0.15) is 36.3 Å². The molecule has 0 saturated heterocycles. The predicted octanol–water partition coefficient (Wildman–Crippen LogP) is 13.9. The summed E-state index contributed by atoms with van der Waals surface area (Å²) in [5, 5.41) is 7.81. The molecule has 10 aromatic rings. The van der Waals surface area contributed by atoms with Crippen LogP contribution < -0.4 is 10.9 Å². The van der Waals surface area contributed by atoms with Crippen molar-refractivity contribution < 1.29 is 57.3 Å². The molecule has 0 amide bonds. The molecule has 21 heteroatoms. The Morgan fingerprint density at radius 3 is 1.19 bits per heavy atom. The molecule has 10 nitrogen and oxygen atoms in total. The van der Waals surface area contributed by atoms with Gasteiger partial charge >= 0.3 is 12.4 Å². The first kappa shape index (κ1) is 54.1. The van der Waals surface area contributed by atoms with E-state index in [4.69, 9.17) is 9.05 Å². The van der Waals surface area contributed by atoms with Crippen LogP contribution in [0.2, 0.25) is 0 Å². The minimum atomic E-state index is -4.52. The van der Waals surface area contributed by atoms with Gasteiger partial charge in [0.25, 0.3) is 0 Å². The summed E-state index contributed by atoms with van der Waals surface area (Å²) in [7, 11) is 0. The molecule has 0 aliphatic carbocycles. The fraction of sp³-hybridized carbons (Fsp3) is 0.193. The Kier molecular flexibility index (Phi) is 14.1. The lowest BCUT2D eigenvalue weighted by atomic mass is 9.84. The van der Waals surface area contributed by atoms with Gasteiger partial charge in [-0.3, -0.25) is 9.59 Å². The Bertz CT molecular complexity index is 3730. The van der Waals surface area contributed by atoms with Crippen molar-refractivity contribution in [1.29, 1.82) is 0 Å². The number of pyridine rings is 2. The summed E-state index contributed by atoms with van der Waals surface area (Å²) in [6, 6.07) is 24.7. The highest BCUT2D eigenvalue weighted by molar-refractivity contribution is 5.84. The molecular weight excluding hydrogens is 1040 g/mol. The first-order chi connectivity index (χ1) is 36.7. The number of fused-ring (bicyclic) bond motifs is 2. The highest BCUT2D eigenvalue weighted by Gasteiger charge is 2.34. The second kappa shape index (κ2) is 20.3. The molecule has 0 radical (unpaired) electrons. The second-order valence-electron chi connectivity index (χ2n) is 19.4. The maximum Gasteiger partial charge on any atom is 0.416 e. The SMILES string of the molecule is CC(C)(c1ccc(F)cc1)c1nc(-c2cn(Cc3ccc(C(F)(F)F)cc3)c3cc(F)c(F)cc3c2=O)no1.Cc1cc2c(cc1F)c(=O)c(-c1noc(C(C)(C)c3ccc(F)cc3)n1)cn2Cc1ccc(C(F)(F)F)cc1. The number of aromatic nitrogens is 6. The average Bonchev–Trinajstić information content (AvgIpc) is 4.22. The van der Waals surface area contributed by atoms with Crippen molar-refractivity contribution in [2.75, 3.05) is 0 Å². The first-order valence-electron chi connectivity index (χ1n) is 23.6. The summed E-state index contributed by atoms with van der Waals surface area (Å²) in [6.07, 6.45) is -6.19. The molecule has 0 atom stereocenters. The zero-order chi connectivity index (χ0) is 56.2. The van der Waals surface area contributed by atoms with Crippen LogP contribution in [0.25, 0.3) is 44.6 Å². The van der Waals surface area contributed by atoms with E-state index in [1.807, 2.05) is 0 Å². The third kappa shape index (κ3) is 10.8. The van der Waals surface area contributed by atoms with Crippen molar-refractivity contribution in [3.8, 4) is 22.8 Å². The van der Waals surface area contributed by atoms with Crippen LogP contribution in [0.4, 0.5) is 48.3 Å². The molecule has 0 aliphatic heterocycles. The standard InChI is InChI=1S/C29H22F5N3O2.C28H19F6N3O2/c1-16-12-24-21(13-23(16)31)25(38)22(15-37(24)14-17-4-6-19(7-5-17)29(32,33)34)26-35-27(39-36-26)28(2,3)18-8-10-20(30)11-9-18;1-27(2,16-7-9-18(29)10-8-16)26-35-25(36-39-26)20-14-37(13-15-3-5-17(6-4-15)28(32,33)34)23-12-22(31)21(30)11-19(23)24(20)38/h4-13,15H,14H2,1-3H3;3-12,14H,13H2,1-2H3. The Morgan fingerprint density at radius 1 is 0.462 bits per heavy atom. The van der Waals surface area contributed by atoms with Crippen molar-refractivity contribution in [2.45, 2.75) is 70.9 Å². The Morgan fingerprint density at radius 2 is 0.808 bits per heavy atom. The van der Waals surface area contributed by atoms with E-state index < -0.39 is 74.3 Å². The van der Waals surface area contributed by atoms with E-state index in [0.717, 1.165) is 42.5 Å². The van der Waals surface area contributed by atoms with E-state index in [-0.39, 0.29) is 63.9 Å². The molecule has 4 heterocycles. The number of hydrogen-bond donors (Lipinski definition) is 0. The lowest BCUT2D eigenvalue weighted by Gasteiger charge is -2.20. The van der Waals surface area contributed by atoms with Gasteiger partial charge < -0.3 is 18.2 Å².